The van der Waals surface area contributed by atoms with Gasteiger partial charge in [0.25, 0.3) is 0 Å². The van der Waals surface area contributed by atoms with E-state index < -0.39 is 0 Å². The molecule has 2 heterocycles. The quantitative estimate of drug-likeness (QED) is 0.586. The Kier molecular flexibility index (Phi) is 1.38. The molecule has 0 saturated heterocycles. The fourth-order valence-electron chi connectivity index (χ4n) is 1.01. The van der Waals surface area contributed by atoms with Gasteiger partial charge in [-0.05, 0) is 0 Å². The van der Waals surface area contributed by atoms with E-state index in [1.165, 1.54) is 0 Å². The van der Waals surface area contributed by atoms with Gasteiger partial charge in [-0.25, -0.2) is 4.98 Å². The molecule has 0 spiro atoms. The Hall–Kier alpha value is -1.32. The first kappa shape index (κ1) is 6.40. The van der Waals surface area contributed by atoms with Crippen molar-refractivity contribution in [1.29, 1.82) is 0 Å². The second-order valence-electron chi connectivity index (χ2n) is 2.37. The Labute approximate surface area is 65.1 Å². The summed E-state index contributed by atoms with van der Waals surface area (Å²) in [6.45, 7) is 1.99. The van der Waals surface area contributed by atoms with E-state index in [1.807, 2.05) is 26.4 Å². The molecule has 0 bridgehead atoms. The molecule has 0 atom stereocenters. The molecule has 0 amide bonds. The van der Waals surface area contributed by atoms with Gasteiger partial charge in [0.15, 0.2) is 5.65 Å². The predicted octanol–water partition coefficient (Wildman–Crippen LogP) is 0.335. The molecule has 0 aromatic carbocycles. The van der Waals surface area contributed by atoms with E-state index in [2.05, 4.69) is 15.2 Å². The van der Waals surface area contributed by atoms with Gasteiger partial charge in [-0.3, -0.25) is 5.10 Å². The Morgan fingerprint density at radius 2 is 2.36 bits per heavy atom. The van der Waals surface area contributed by atoms with Gasteiger partial charge in [-0.1, -0.05) is 18.4 Å². The van der Waals surface area contributed by atoms with E-state index >= 15 is 0 Å². The minimum absolute atomic E-state index is 0.843. The van der Waals surface area contributed by atoms with Crippen LogP contribution in [0.4, 0.5) is 0 Å². The minimum Gasteiger partial charge on any atom is -0.261 e. The molecule has 0 aliphatic heterocycles. The zero-order chi connectivity index (χ0) is 7.68. The van der Waals surface area contributed by atoms with E-state index in [9.17, 15) is 0 Å². The van der Waals surface area contributed by atoms with Gasteiger partial charge >= 0.3 is 0 Å². The molecule has 0 fully saturated rings. The fraction of sp³-hybridized carbons (Fsp3) is 0.143. The van der Waals surface area contributed by atoms with E-state index in [0.717, 1.165) is 16.5 Å². The molecule has 0 aliphatic rings. The molecular weight excluding hydrogens is 137 g/mol. The summed E-state index contributed by atoms with van der Waals surface area (Å²) < 4.78 is 0. The van der Waals surface area contributed by atoms with Crippen LogP contribution in [-0.4, -0.2) is 22.5 Å². The van der Waals surface area contributed by atoms with Crippen molar-refractivity contribution in [3.63, 3.8) is 0 Å². The zero-order valence-corrected chi connectivity index (χ0v) is 6.20. The van der Waals surface area contributed by atoms with Crippen LogP contribution in [0.2, 0.25) is 6.82 Å². The lowest BCUT2D eigenvalue weighted by Crippen LogP contribution is -2.10. The Morgan fingerprint density at radius 1 is 1.45 bits per heavy atom. The van der Waals surface area contributed by atoms with Crippen molar-refractivity contribution < 1.29 is 0 Å². The normalized spacial score (nSPS) is 10.3. The van der Waals surface area contributed by atoms with E-state index in [1.54, 1.807) is 6.20 Å². The van der Waals surface area contributed by atoms with Gasteiger partial charge < -0.3 is 0 Å². The highest BCUT2D eigenvalue weighted by molar-refractivity contribution is 6.52. The maximum atomic E-state index is 4.16. The van der Waals surface area contributed by atoms with Crippen LogP contribution in [0.3, 0.4) is 0 Å². The number of pyridine rings is 1. The van der Waals surface area contributed by atoms with Crippen molar-refractivity contribution in [3.8, 4) is 0 Å². The highest BCUT2D eigenvalue weighted by Crippen LogP contribution is 2.02. The Balaban J connectivity index is 2.67. The van der Waals surface area contributed by atoms with Crippen LogP contribution in [-0.2, 0) is 0 Å². The molecular formula is C7H7BN3. The number of fused-ring (bicyclic) bond motifs is 1. The monoisotopic (exact) mass is 144 g/mol. The molecule has 0 saturated carbocycles. The molecule has 0 aliphatic carbocycles. The number of rotatable bonds is 1. The molecule has 2 aromatic rings. The van der Waals surface area contributed by atoms with Crippen molar-refractivity contribution >= 4 is 23.8 Å². The lowest BCUT2D eigenvalue weighted by atomic mass is 9.74. The van der Waals surface area contributed by atoms with Crippen molar-refractivity contribution in [1.82, 2.24) is 15.2 Å². The molecule has 3 nitrogen and oxygen atoms in total. The smallest absolute Gasteiger partial charge is 0.155 e. The van der Waals surface area contributed by atoms with Gasteiger partial charge in [0.05, 0.1) is 6.20 Å². The van der Waals surface area contributed by atoms with E-state index in [-0.39, 0.29) is 0 Å². The summed E-state index contributed by atoms with van der Waals surface area (Å²) in [5.74, 6) is 0. The third-order valence-electron chi connectivity index (χ3n) is 1.65. The van der Waals surface area contributed by atoms with Crippen molar-refractivity contribution in [2.45, 2.75) is 6.82 Å². The molecule has 11 heavy (non-hydrogen) atoms. The predicted molar refractivity (Wildman–Crippen MR) is 45.1 cm³/mol. The number of nitrogens with zero attached hydrogens (tertiary/aromatic N) is 2. The number of hydrogen-bond acceptors (Lipinski definition) is 2. The Bertz CT molecular complexity index is 368. The van der Waals surface area contributed by atoms with Crippen LogP contribution in [0.15, 0.2) is 18.5 Å². The molecule has 2 aromatic heterocycles. The van der Waals surface area contributed by atoms with E-state index in [4.69, 9.17) is 0 Å². The number of aromatic amines is 1. The first-order valence-corrected chi connectivity index (χ1v) is 3.48. The zero-order valence-electron chi connectivity index (χ0n) is 6.20. The Morgan fingerprint density at radius 3 is 3.18 bits per heavy atom. The van der Waals surface area contributed by atoms with Crippen LogP contribution in [0.25, 0.3) is 11.0 Å². The van der Waals surface area contributed by atoms with E-state index in [0.29, 0.717) is 0 Å². The lowest BCUT2D eigenvalue weighted by Gasteiger charge is -1.92. The number of hydrogen-bond donors (Lipinski definition) is 1. The average Bonchev–Trinajstić information content (AvgIpc) is 2.50. The van der Waals surface area contributed by atoms with Gasteiger partial charge in [-0.15, -0.1) is 0 Å². The summed E-state index contributed by atoms with van der Waals surface area (Å²) >= 11 is 0. The summed E-state index contributed by atoms with van der Waals surface area (Å²) in [7, 11) is 2.01. The number of nitrogens with one attached hydrogen (secondary N) is 1. The molecule has 1 radical (unpaired) electrons. The van der Waals surface area contributed by atoms with Gasteiger partial charge in [0.2, 0.25) is 0 Å². The number of aromatic nitrogens is 3. The third kappa shape index (κ3) is 1.00. The third-order valence-corrected chi connectivity index (χ3v) is 1.65. The van der Waals surface area contributed by atoms with Crippen molar-refractivity contribution in [2.24, 2.45) is 0 Å². The van der Waals surface area contributed by atoms with Gasteiger partial charge in [0.1, 0.15) is 7.28 Å². The van der Waals surface area contributed by atoms with Gasteiger partial charge in [0, 0.05) is 11.6 Å². The second kappa shape index (κ2) is 2.38. The highest BCUT2D eigenvalue weighted by Gasteiger charge is 1.96. The number of H-pyrrole nitrogens is 1. The second-order valence-corrected chi connectivity index (χ2v) is 2.37. The molecule has 4 heteroatoms. The SMILES string of the molecule is C[B]c1cnc2[nH]ncc2c1. The average molecular weight is 144 g/mol. The summed E-state index contributed by atoms with van der Waals surface area (Å²) in [5, 5.41) is 7.73. The largest absolute Gasteiger partial charge is 0.261 e. The summed E-state index contributed by atoms with van der Waals surface area (Å²) in [4.78, 5) is 4.16. The van der Waals surface area contributed by atoms with Crippen molar-refractivity contribution in [2.75, 3.05) is 0 Å². The molecule has 53 valence electrons. The first-order chi connectivity index (χ1) is 5.40. The topological polar surface area (TPSA) is 41.6 Å². The van der Waals surface area contributed by atoms with Crippen LogP contribution in [0.5, 0.6) is 0 Å². The molecule has 0 unspecified atom stereocenters. The molecule has 2 rings (SSSR count). The van der Waals surface area contributed by atoms with Crippen LogP contribution >= 0.6 is 0 Å². The van der Waals surface area contributed by atoms with Crippen LogP contribution in [0, 0.1) is 0 Å². The standard InChI is InChI=1S/C7H7BN3/c1-8-6-2-5-3-10-11-7(5)9-4-6/h2-4H,1H3,(H,9,10,11). The fourth-order valence-corrected chi connectivity index (χ4v) is 1.01. The maximum Gasteiger partial charge on any atom is 0.155 e. The summed E-state index contributed by atoms with van der Waals surface area (Å²) in [6.07, 6.45) is 3.59. The van der Waals surface area contributed by atoms with Crippen molar-refractivity contribution in [3.05, 3.63) is 18.5 Å². The summed E-state index contributed by atoms with van der Waals surface area (Å²) in [6, 6.07) is 2.05. The maximum absolute atomic E-state index is 4.16. The van der Waals surface area contributed by atoms with Crippen LogP contribution in [0.1, 0.15) is 0 Å². The summed E-state index contributed by atoms with van der Waals surface area (Å²) in [5.41, 5.74) is 1.97. The minimum atomic E-state index is 0.843. The lowest BCUT2D eigenvalue weighted by molar-refractivity contribution is 1.10. The van der Waals surface area contributed by atoms with Crippen LogP contribution < -0.4 is 5.46 Å². The van der Waals surface area contributed by atoms with Gasteiger partial charge in [-0.2, -0.15) is 5.10 Å². The first-order valence-electron chi connectivity index (χ1n) is 3.48. The molecule has 1 N–H and O–H groups in total. The highest BCUT2D eigenvalue weighted by atomic mass is 15.1.